The van der Waals surface area contributed by atoms with Crippen molar-refractivity contribution >= 4 is 0 Å². The second-order valence-electron chi connectivity index (χ2n) is 7.04. The molecule has 0 saturated carbocycles. The molecule has 1 nitrogen and oxygen atoms in total. The molecule has 125 valence electrons. The van der Waals surface area contributed by atoms with Gasteiger partial charge in [-0.15, -0.1) is 0 Å². The van der Waals surface area contributed by atoms with Crippen LogP contribution in [-0.2, 0) is 6.42 Å². The van der Waals surface area contributed by atoms with Gasteiger partial charge in [-0.2, -0.15) is 0 Å². The monoisotopic (exact) mass is 302 g/mol. The van der Waals surface area contributed by atoms with Crippen LogP contribution in [0, 0.1) is 12.3 Å². The van der Waals surface area contributed by atoms with Crippen LogP contribution in [0.2, 0.25) is 0 Å². The quantitative estimate of drug-likeness (QED) is 0.503. The highest BCUT2D eigenvalue weighted by Gasteiger charge is 2.16. The van der Waals surface area contributed by atoms with Crippen LogP contribution in [-0.4, -0.2) is 23.5 Å². The molecule has 0 saturated heterocycles. The number of nitrogens with zero attached hydrogens (tertiary/aromatic N) is 1. The van der Waals surface area contributed by atoms with Crippen molar-refractivity contribution < 1.29 is 0 Å². The Morgan fingerprint density at radius 3 is 2.14 bits per heavy atom. The second kappa shape index (κ2) is 10.8. The Morgan fingerprint density at radius 1 is 0.955 bits per heavy atom. The van der Waals surface area contributed by atoms with E-state index in [9.17, 15) is 0 Å². The van der Waals surface area contributed by atoms with E-state index in [-0.39, 0.29) is 0 Å². The summed E-state index contributed by atoms with van der Waals surface area (Å²) in [5, 5.41) is 0. The standard InChI is InChI=1S/C21H36N/c1-6-7-11-21(15-14-20-12-9-8-10-13-20)16-17-22(18(2)3)19(4)5/h8-10,12-13,15,18-19,21H,6-7,11,14,16-17H2,1-5H3. The molecule has 1 aromatic rings. The molecular weight excluding hydrogens is 266 g/mol. The molecule has 1 heteroatoms. The van der Waals surface area contributed by atoms with E-state index in [0.717, 1.165) is 12.3 Å². The first-order chi connectivity index (χ1) is 10.5. The van der Waals surface area contributed by atoms with Gasteiger partial charge in [-0.3, -0.25) is 4.90 Å². The molecule has 1 atom stereocenters. The summed E-state index contributed by atoms with van der Waals surface area (Å²) in [6.45, 7) is 12.8. The van der Waals surface area contributed by atoms with Crippen molar-refractivity contribution in [1.82, 2.24) is 4.90 Å². The molecule has 22 heavy (non-hydrogen) atoms. The average molecular weight is 303 g/mol. The summed E-state index contributed by atoms with van der Waals surface area (Å²) in [5.41, 5.74) is 1.44. The van der Waals surface area contributed by atoms with Gasteiger partial charge in [0.1, 0.15) is 0 Å². The van der Waals surface area contributed by atoms with E-state index in [1.54, 1.807) is 0 Å². The van der Waals surface area contributed by atoms with E-state index < -0.39 is 0 Å². The van der Waals surface area contributed by atoms with Gasteiger partial charge in [0.15, 0.2) is 0 Å². The third-order valence-corrected chi connectivity index (χ3v) is 4.54. The van der Waals surface area contributed by atoms with Crippen molar-refractivity contribution in [3.63, 3.8) is 0 Å². The van der Waals surface area contributed by atoms with Crippen molar-refractivity contribution in [2.45, 2.75) is 78.8 Å². The molecular formula is C21H36N. The third kappa shape index (κ3) is 7.45. The van der Waals surface area contributed by atoms with Gasteiger partial charge >= 0.3 is 0 Å². The Kier molecular flexibility index (Phi) is 9.47. The minimum absolute atomic E-state index is 0.640. The molecule has 0 bridgehead atoms. The predicted octanol–water partition coefficient (Wildman–Crippen LogP) is 5.75. The first-order valence-electron chi connectivity index (χ1n) is 9.17. The molecule has 0 aromatic heterocycles. The van der Waals surface area contributed by atoms with Crippen LogP contribution in [0.1, 0.15) is 65.9 Å². The Labute approximate surface area is 139 Å². The number of hydrogen-bond acceptors (Lipinski definition) is 1. The maximum Gasteiger partial charge on any atom is 0.00412 e. The number of hydrogen-bond donors (Lipinski definition) is 0. The van der Waals surface area contributed by atoms with Crippen LogP contribution in [0.15, 0.2) is 30.3 Å². The van der Waals surface area contributed by atoms with E-state index in [2.05, 4.69) is 76.3 Å². The third-order valence-electron chi connectivity index (χ3n) is 4.54. The van der Waals surface area contributed by atoms with Crippen molar-refractivity contribution in [2.24, 2.45) is 5.92 Å². The van der Waals surface area contributed by atoms with Gasteiger partial charge in [0.2, 0.25) is 0 Å². The molecule has 1 unspecified atom stereocenters. The lowest BCUT2D eigenvalue weighted by Gasteiger charge is -2.32. The molecule has 1 radical (unpaired) electrons. The van der Waals surface area contributed by atoms with Crippen molar-refractivity contribution in [3.05, 3.63) is 42.3 Å². The summed E-state index contributed by atoms with van der Waals surface area (Å²) < 4.78 is 0. The normalized spacial score (nSPS) is 13.3. The van der Waals surface area contributed by atoms with Gasteiger partial charge < -0.3 is 0 Å². The van der Waals surface area contributed by atoms with Gasteiger partial charge in [0.05, 0.1) is 0 Å². The fourth-order valence-corrected chi connectivity index (χ4v) is 3.19. The Morgan fingerprint density at radius 2 is 1.59 bits per heavy atom. The van der Waals surface area contributed by atoms with Crippen LogP contribution in [0.3, 0.4) is 0 Å². The lowest BCUT2D eigenvalue weighted by Crippen LogP contribution is -2.38. The van der Waals surface area contributed by atoms with E-state index in [4.69, 9.17) is 0 Å². The van der Waals surface area contributed by atoms with Crippen molar-refractivity contribution in [1.29, 1.82) is 0 Å². The predicted molar refractivity (Wildman–Crippen MR) is 99.1 cm³/mol. The summed E-state index contributed by atoms with van der Waals surface area (Å²) in [6.07, 6.45) is 8.95. The van der Waals surface area contributed by atoms with E-state index in [1.807, 2.05) is 0 Å². The Hall–Kier alpha value is -0.820. The molecule has 0 aliphatic heterocycles. The molecule has 0 aliphatic rings. The van der Waals surface area contributed by atoms with Gasteiger partial charge in [-0.1, -0.05) is 56.5 Å². The molecule has 0 spiro atoms. The van der Waals surface area contributed by atoms with Gasteiger partial charge in [-0.25, -0.2) is 0 Å². The fourth-order valence-electron chi connectivity index (χ4n) is 3.19. The van der Waals surface area contributed by atoms with Crippen LogP contribution >= 0.6 is 0 Å². The van der Waals surface area contributed by atoms with Crippen LogP contribution in [0.5, 0.6) is 0 Å². The van der Waals surface area contributed by atoms with Gasteiger partial charge in [0, 0.05) is 12.1 Å². The summed E-state index contributed by atoms with van der Waals surface area (Å²) in [5.74, 6) is 0.750. The average Bonchev–Trinajstić information content (AvgIpc) is 2.49. The minimum Gasteiger partial charge on any atom is -0.299 e. The number of benzene rings is 1. The highest BCUT2D eigenvalue weighted by molar-refractivity contribution is 5.16. The van der Waals surface area contributed by atoms with Gasteiger partial charge in [-0.05, 0) is 65.0 Å². The number of rotatable bonds is 11. The SMILES string of the molecule is CCCCC([CH]Cc1ccccc1)CCN(C(C)C)C(C)C. The molecule has 0 N–H and O–H groups in total. The molecule has 0 amide bonds. The van der Waals surface area contributed by atoms with Crippen molar-refractivity contribution in [3.8, 4) is 0 Å². The van der Waals surface area contributed by atoms with Crippen LogP contribution in [0.4, 0.5) is 0 Å². The molecule has 1 rings (SSSR count). The molecule has 0 heterocycles. The highest BCUT2D eigenvalue weighted by atomic mass is 15.2. The second-order valence-corrected chi connectivity index (χ2v) is 7.04. The zero-order valence-electron chi connectivity index (χ0n) is 15.4. The Bertz CT molecular complexity index is 361. The lowest BCUT2D eigenvalue weighted by molar-refractivity contribution is 0.163. The maximum atomic E-state index is 2.62. The van der Waals surface area contributed by atoms with Crippen LogP contribution < -0.4 is 0 Å². The smallest absolute Gasteiger partial charge is 0.00412 e. The maximum absolute atomic E-state index is 2.62. The molecule has 1 aromatic carbocycles. The topological polar surface area (TPSA) is 3.24 Å². The van der Waals surface area contributed by atoms with Gasteiger partial charge in [0.25, 0.3) is 0 Å². The van der Waals surface area contributed by atoms with E-state index in [1.165, 1.54) is 37.8 Å². The lowest BCUT2D eigenvalue weighted by atomic mass is 9.91. The minimum atomic E-state index is 0.640. The largest absolute Gasteiger partial charge is 0.299 e. The molecule has 0 fully saturated rings. The first kappa shape index (κ1) is 19.2. The summed E-state index contributed by atoms with van der Waals surface area (Å²) in [6, 6.07) is 12.1. The summed E-state index contributed by atoms with van der Waals surface area (Å²) in [7, 11) is 0. The Balaban J connectivity index is 2.49. The highest BCUT2D eigenvalue weighted by Crippen LogP contribution is 2.20. The van der Waals surface area contributed by atoms with E-state index in [0.29, 0.717) is 12.1 Å². The van der Waals surface area contributed by atoms with Crippen LogP contribution in [0.25, 0.3) is 0 Å². The van der Waals surface area contributed by atoms with E-state index >= 15 is 0 Å². The zero-order valence-corrected chi connectivity index (χ0v) is 15.4. The zero-order chi connectivity index (χ0) is 16.4. The first-order valence-corrected chi connectivity index (χ1v) is 9.17. The van der Waals surface area contributed by atoms with Crippen molar-refractivity contribution in [2.75, 3.05) is 6.54 Å². The fraction of sp³-hybridized carbons (Fsp3) is 0.667. The summed E-state index contributed by atoms with van der Waals surface area (Å²) in [4.78, 5) is 2.62. The number of unbranched alkanes of at least 4 members (excludes halogenated alkanes) is 1. The molecule has 0 aliphatic carbocycles. The summed E-state index contributed by atoms with van der Waals surface area (Å²) >= 11 is 0.